The summed E-state index contributed by atoms with van der Waals surface area (Å²) >= 11 is 0. The summed E-state index contributed by atoms with van der Waals surface area (Å²) in [5.41, 5.74) is 11.0. The van der Waals surface area contributed by atoms with Crippen LogP contribution in [0.4, 0.5) is 0 Å². The Hall–Kier alpha value is -6.56. The summed E-state index contributed by atoms with van der Waals surface area (Å²) in [5.74, 6) is 0. The van der Waals surface area contributed by atoms with Gasteiger partial charge in [-0.1, -0.05) is 115 Å². The topological polar surface area (TPSA) is 47.1 Å². The minimum Gasteiger partial charge on any atom is -0.456 e. The molecule has 0 saturated carbocycles. The molecule has 0 spiro atoms. The van der Waals surface area contributed by atoms with Crippen molar-refractivity contribution in [1.29, 1.82) is 0 Å². The zero-order chi connectivity index (χ0) is 33.5. The van der Waals surface area contributed by atoms with Crippen LogP contribution in [-0.2, 0) is 0 Å². The van der Waals surface area contributed by atoms with Crippen LogP contribution >= 0.6 is 0 Å². The predicted molar refractivity (Wildman–Crippen MR) is 210 cm³/mol. The van der Waals surface area contributed by atoms with Gasteiger partial charge in [-0.3, -0.25) is 5.32 Å². The molecule has 1 aliphatic rings. The molecule has 242 valence electrons. The average Bonchev–Trinajstić information content (AvgIpc) is 3.85. The van der Waals surface area contributed by atoms with E-state index in [1.54, 1.807) is 0 Å². The molecular weight excluding hydrogens is 625 g/mol. The Balaban J connectivity index is 1.25. The van der Waals surface area contributed by atoms with E-state index in [9.17, 15) is 0 Å². The lowest BCUT2D eigenvalue weighted by Gasteiger charge is -2.34. The van der Waals surface area contributed by atoms with Crippen LogP contribution in [0.2, 0.25) is 0 Å². The number of fused-ring (bicyclic) bond motifs is 10. The van der Waals surface area contributed by atoms with Gasteiger partial charge in [0, 0.05) is 49.8 Å². The summed E-state index contributed by atoms with van der Waals surface area (Å²) in [6.07, 6.45) is 2.04. The third-order valence-electron chi connectivity index (χ3n) is 10.6. The van der Waals surface area contributed by atoms with Gasteiger partial charge in [-0.2, -0.15) is 0 Å². The number of nitrogens with zero attached hydrogens (tertiary/aromatic N) is 2. The fourth-order valence-electron chi connectivity index (χ4n) is 8.36. The molecular formula is C46H32N4O. The Morgan fingerprint density at radius 1 is 0.490 bits per heavy atom. The minimum atomic E-state index is -0.267. The van der Waals surface area contributed by atoms with Crippen molar-refractivity contribution in [1.82, 2.24) is 19.8 Å². The number of furan rings is 1. The third-order valence-corrected chi connectivity index (χ3v) is 10.6. The van der Waals surface area contributed by atoms with E-state index in [2.05, 4.69) is 184 Å². The summed E-state index contributed by atoms with van der Waals surface area (Å²) in [7, 11) is 0. The summed E-state index contributed by atoms with van der Waals surface area (Å²) in [4.78, 5) is 0. The van der Waals surface area contributed by atoms with Crippen LogP contribution in [0.25, 0.3) is 76.9 Å². The molecule has 2 atom stereocenters. The van der Waals surface area contributed by atoms with Crippen LogP contribution in [-0.4, -0.2) is 9.13 Å². The molecule has 7 aromatic carbocycles. The van der Waals surface area contributed by atoms with Crippen molar-refractivity contribution in [3.05, 3.63) is 181 Å². The fraction of sp³-hybridized carbons (Fsp3) is 0.0435. The molecule has 5 heteroatoms. The van der Waals surface area contributed by atoms with Crippen molar-refractivity contribution in [2.75, 3.05) is 0 Å². The number of aromatic nitrogens is 2. The molecule has 0 radical (unpaired) electrons. The second-order valence-electron chi connectivity index (χ2n) is 13.4. The Kier molecular flexibility index (Phi) is 6.09. The molecule has 5 nitrogen and oxygen atoms in total. The van der Waals surface area contributed by atoms with Gasteiger partial charge in [-0.05, 0) is 59.7 Å². The number of benzene rings is 7. The van der Waals surface area contributed by atoms with Crippen LogP contribution in [0.3, 0.4) is 0 Å². The quantitative estimate of drug-likeness (QED) is 0.198. The molecule has 4 heterocycles. The van der Waals surface area contributed by atoms with Crippen molar-refractivity contribution in [2.45, 2.75) is 12.3 Å². The van der Waals surface area contributed by atoms with Crippen LogP contribution in [0.5, 0.6) is 0 Å². The number of hydrogen-bond acceptors (Lipinski definition) is 3. The highest BCUT2D eigenvalue weighted by atomic mass is 16.3. The van der Waals surface area contributed by atoms with Crippen LogP contribution < -0.4 is 10.6 Å². The SMILES string of the molecule is C1=C(c2ccccc2)NC(n2c3cc4oc5ccccc5c4cc3c3c4c5ccccc5n(-c5ccccc5)c4ccc32)NC1c1ccccc1. The first-order chi connectivity index (χ1) is 25.3. The monoisotopic (exact) mass is 656 g/mol. The van der Waals surface area contributed by atoms with Gasteiger partial charge in [0.05, 0.1) is 28.1 Å². The number of rotatable bonds is 4. The van der Waals surface area contributed by atoms with Gasteiger partial charge in [0.2, 0.25) is 0 Å². The number of para-hydroxylation sites is 3. The summed E-state index contributed by atoms with van der Waals surface area (Å²) in [6.45, 7) is 0. The van der Waals surface area contributed by atoms with Crippen LogP contribution in [0, 0.1) is 0 Å². The molecule has 0 amide bonds. The third kappa shape index (κ3) is 4.25. The van der Waals surface area contributed by atoms with E-state index in [0.29, 0.717) is 0 Å². The molecule has 0 aliphatic carbocycles. The van der Waals surface area contributed by atoms with Crippen molar-refractivity contribution in [2.24, 2.45) is 0 Å². The Labute approximate surface area is 293 Å². The van der Waals surface area contributed by atoms with E-state index in [1.165, 1.54) is 38.1 Å². The Bertz CT molecular complexity index is 2970. The van der Waals surface area contributed by atoms with Gasteiger partial charge >= 0.3 is 0 Å². The molecule has 10 aromatic rings. The van der Waals surface area contributed by atoms with E-state index in [-0.39, 0.29) is 12.3 Å². The maximum Gasteiger partial charge on any atom is 0.160 e. The van der Waals surface area contributed by atoms with Gasteiger partial charge in [-0.25, -0.2) is 0 Å². The highest BCUT2D eigenvalue weighted by Gasteiger charge is 2.29. The second-order valence-corrected chi connectivity index (χ2v) is 13.4. The van der Waals surface area contributed by atoms with Crippen molar-refractivity contribution >= 4 is 71.2 Å². The summed E-state index contributed by atoms with van der Waals surface area (Å²) in [6, 6.07) is 58.3. The van der Waals surface area contributed by atoms with Crippen LogP contribution in [0.1, 0.15) is 23.5 Å². The van der Waals surface area contributed by atoms with E-state index < -0.39 is 0 Å². The van der Waals surface area contributed by atoms with E-state index in [0.717, 1.165) is 49.9 Å². The maximum atomic E-state index is 6.53. The molecule has 2 N–H and O–H groups in total. The first kappa shape index (κ1) is 28.3. The van der Waals surface area contributed by atoms with Gasteiger partial charge in [0.1, 0.15) is 11.2 Å². The first-order valence-electron chi connectivity index (χ1n) is 17.5. The van der Waals surface area contributed by atoms with Crippen LogP contribution in [0.15, 0.2) is 174 Å². The van der Waals surface area contributed by atoms with E-state index in [4.69, 9.17) is 4.42 Å². The van der Waals surface area contributed by atoms with Crippen molar-refractivity contribution < 1.29 is 4.42 Å². The Morgan fingerprint density at radius 3 is 1.98 bits per heavy atom. The zero-order valence-corrected chi connectivity index (χ0v) is 27.6. The lowest BCUT2D eigenvalue weighted by atomic mass is 10.0. The lowest BCUT2D eigenvalue weighted by Crippen LogP contribution is -2.43. The minimum absolute atomic E-state index is 0.0150. The Morgan fingerprint density at radius 2 is 1.16 bits per heavy atom. The molecule has 0 saturated heterocycles. The van der Waals surface area contributed by atoms with Gasteiger partial charge in [0.25, 0.3) is 0 Å². The molecule has 3 aromatic heterocycles. The normalized spacial score (nSPS) is 16.4. The zero-order valence-electron chi connectivity index (χ0n) is 27.6. The lowest BCUT2D eigenvalue weighted by molar-refractivity contribution is 0.350. The van der Waals surface area contributed by atoms with Crippen molar-refractivity contribution in [3.8, 4) is 5.69 Å². The van der Waals surface area contributed by atoms with E-state index in [1.807, 2.05) is 6.07 Å². The number of hydrogen-bond donors (Lipinski definition) is 2. The predicted octanol–water partition coefficient (Wildman–Crippen LogP) is 11.2. The molecule has 1 aliphatic heterocycles. The average molecular weight is 657 g/mol. The first-order valence-corrected chi connectivity index (χ1v) is 17.5. The molecule has 51 heavy (non-hydrogen) atoms. The smallest absolute Gasteiger partial charge is 0.160 e. The molecule has 11 rings (SSSR count). The van der Waals surface area contributed by atoms with E-state index >= 15 is 0 Å². The highest BCUT2D eigenvalue weighted by Crippen LogP contribution is 2.45. The fourth-order valence-corrected chi connectivity index (χ4v) is 8.36. The second kappa shape index (κ2) is 11.0. The summed E-state index contributed by atoms with van der Waals surface area (Å²) in [5, 5.41) is 15.1. The molecule has 0 fully saturated rings. The van der Waals surface area contributed by atoms with Gasteiger partial charge in [-0.15, -0.1) is 0 Å². The molecule has 0 bridgehead atoms. The van der Waals surface area contributed by atoms with Crippen molar-refractivity contribution in [3.63, 3.8) is 0 Å². The number of nitrogens with one attached hydrogen (secondary N) is 2. The highest BCUT2D eigenvalue weighted by molar-refractivity contribution is 6.30. The standard InChI is InChI=1S/C46H32N4O/c1-4-14-29(15-5-1)36-27-37(30-16-6-2-7-17-30)48-46(47-36)50-40-25-24-39-44(33-21-10-12-22-38(33)49(39)31-18-8-3-9-19-31)45(40)35-26-34-32-20-11-13-23-42(32)51-43(34)28-41(35)50/h1-28,36,46-48H. The summed E-state index contributed by atoms with van der Waals surface area (Å²) < 4.78 is 11.4. The largest absolute Gasteiger partial charge is 0.456 e. The van der Waals surface area contributed by atoms with Gasteiger partial charge in [0.15, 0.2) is 6.29 Å². The molecule has 2 unspecified atom stereocenters. The maximum absolute atomic E-state index is 6.53. The van der Waals surface area contributed by atoms with Gasteiger partial charge < -0.3 is 18.9 Å².